The minimum atomic E-state index is -0.262. The number of carbonyl (C=O) groups excluding carboxylic acids is 1. The molecule has 2 atom stereocenters. The van der Waals surface area contributed by atoms with Gasteiger partial charge < -0.3 is 15.7 Å². The average molecular weight is 274 g/mol. The van der Waals surface area contributed by atoms with Crippen LogP contribution >= 0.6 is 0 Å². The molecule has 1 saturated carbocycles. The second kappa shape index (κ2) is 5.83. The molecule has 2 aliphatic rings. The molecule has 1 fully saturated rings. The largest absolute Gasteiger partial charge is 0.393 e. The topological polar surface area (TPSA) is 61.4 Å². The van der Waals surface area contributed by atoms with Crippen molar-refractivity contribution in [3.63, 3.8) is 0 Å². The molecule has 3 N–H and O–H groups in total. The number of rotatable bonds is 2. The highest BCUT2D eigenvalue weighted by Gasteiger charge is 2.22. The predicted molar refractivity (Wildman–Crippen MR) is 79.0 cm³/mol. The normalized spacial score (nSPS) is 25.4. The maximum atomic E-state index is 12.3. The Morgan fingerprint density at radius 1 is 1.30 bits per heavy atom. The van der Waals surface area contributed by atoms with Crippen molar-refractivity contribution in [1.82, 2.24) is 5.32 Å². The number of amides is 1. The van der Waals surface area contributed by atoms with Crippen molar-refractivity contribution in [2.45, 2.75) is 50.7 Å². The van der Waals surface area contributed by atoms with Crippen molar-refractivity contribution in [3.8, 4) is 0 Å². The van der Waals surface area contributed by atoms with Gasteiger partial charge >= 0.3 is 0 Å². The van der Waals surface area contributed by atoms with Crippen molar-refractivity contribution in [2.24, 2.45) is 0 Å². The molecule has 0 spiro atoms. The lowest BCUT2D eigenvalue weighted by atomic mass is 9.92. The zero-order valence-corrected chi connectivity index (χ0v) is 11.7. The van der Waals surface area contributed by atoms with E-state index in [4.69, 9.17) is 0 Å². The van der Waals surface area contributed by atoms with E-state index in [0.717, 1.165) is 49.9 Å². The summed E-state index contributed by atoms with van der Waals surface area (Å²) in [6.45, 7) is 1.01. The number of benzene rings is 1. The Kier molecular flexibility index (Phi) is 3.92. The number of aryl methyl sites for hydroxylation is 1. The van der Waals surface area contributed by atoms with Gasteiger partial charge in [-0.15, -0.1) is 0 Å². The summed E-state index contributed by atoms with van der Waals surface area (Å²) in [5, 5.41) is 16.1. The molecule has 0 aromatic heterocycles. The zero-order valence-electron chi connectivity index (χ0n) is 11.7. The highest BCUT2D eigenvalue weighted by molar-refractivity contribution is 5.95. The number of hydrogen-bond donors (Lipinski definition) is 3. The molecule has 0 saturated heterocycles. The Balaban J connectivity index is 1.67. The van der Waals surface area contributed by atoms with E-state index in [0.29, 0.717) is 6.42 Å². The van der Waals surface area contributed by atoms with Crippen LogP contribution in [0.2, 0.25) is 0 Å². The van der Waals surface area contributed by atoms with Gasteiger partial charge in [-0.2, -0.15) is 0 Å². The first-order valence-electron chi connectivity index (χ1n) is 7.58. The first kappa shape index (κ1) is 13.4. The standard InChI is InChI=1S/C16H22N2O2/c19-14-5-1-4-13(10-14)18-16(20)12-6-7-15-11(9-12)3-2-8-17-15/h6-7,9,13-14,17,19H,1-5,8,10H2,(H,18,20). The molecule has 2 unspecified atom stereocenters. The molecule has 1 aliphatic heterocycles. The maximum absolute atomic E-state index is 12.3. The van der Waals surface area contributed by atoms with Gasteiger partial charge in [-0.3, -0.25) is 4.79 Å². The highest BCUT2D eigenvalue weighted by Crippen LogP contribution is 2.23. The van der Waals surface area contributed by atoms with E-state index in [1.807, 2.05) is 18.2 Å². The van der Waals surface area contributed by atoms with Crippen LogP contribution in [-0.2, 0) is 6.42 Å². The van der Waals surface area contributed by atoms with Crippen molar-refractivity contribution in [1.29, 1.82) is 0 Å². The Morgan fingerprint density at radius 3 is 3.05 bits per heavy atom. The monoisotopic (exact) mass is 274 g/mol. The van der Waals surface area contributed by atoms with Crippen LogP contribution in [-0.4, -0.2) is 29.7 Å². The van der Waals surface area contributed by atoms with E-state index < -0.39 is 0 Å². The number of aliphatic hydroxyl groups excluding tert-OH is 1. The zero-order chi connectivity index (χ0) is 13.9. The Morgan fingerprint density at radius 2 is 2.20 bits per heavy atom. The molecule has 1 aliphatic carbocycles. The molecule has 0 radical (unpaired) electrons. The molecule has 20 heavy (non-hydrogen) atoms. The van der Waals surface area contributed by atoms with Crippen LogP contribution in [0.3, 0.4) is 0 Å². The summed E-state index contributed by atoms with van der Waals surface area (Å²) < 4.78 is 0. The molecule has 1 aromatic rings. The van der Waals surface area contributed by atoms with Gasteiger partial charge in [-0.05, 0) is 62.3 Å². The lowest BCUT2D eigenvalue weighted by Crippen LogP contribution is -2.39. The fourth-order valence-corrected chi connectivity index (χ4v) is 3.18. The van der Waals surface area contributed by atoms with Crippen molar-refractivity contribution in [2.75, 3.05) is 11.9 Å². The van der Waals surface area contributed by atoms with Crippen LogP contribution in [0.1, 0.15) is 48.0 Å². The van der Waals surface area contributed by atoms with E-state index in [9.17, 15) is 9.90 Å². The summed E-state index contributed by atoms with van der Waals surface area (Å²) in [7, 11) is 0. The van der Waals surface area contributed by atoms with Gasteiger partial charge in [0.05, 0.1) is 6.10 Å². The number of fused-ring (bicyclic) bond motifs is 1. The van der Waals surface area contributed by atoms with Crippen LogP contribution in [0.5, 0.6) is 0 Å². The summed E-state index contributed by atoms with van der Waals surface area (Å²) in [6, 6.07) is 5.99. The van der Waals surface area contributed by atoms with Crippen molar-refractivity contribution >= 4 is 11.6 Å². The third-order valence-corrected chi connectivity index (χ3v) is 4.29. The van der Waals surface area contributed by atoms with Gasteiger partial charge in [0, 0.05) is 23.8 Å². The Labute approximate surface area is 119 Å². The fraction of sp³-hybridized carbons (Fsp3) is 0.562. The molecule has 1 amide bonds. The van der Waals surface area contributed by atoms with Gasteiger partial charge in [0.1, 0.15) is 0 Å². The molecule has 1 heterocycles. The van der Waals surface area contributed by atoms with Gasteiger partial charge in [-0.1, -0.05) is 0 Å². The molecule has 4 nitrogen and oxygen atoms in total. The van der Waals surface area contributed by atoms with Gasteiger partial charge in [-0.25, -0.2) is 0 Å². The second-order valence-electron chi connectivity index (χ2n) is 5.89. The smallest absolute Gasteiger partial charge is 0.251 e. The summed E-state index contributed by atoms with van der Waals surface area (Å²) in [4.78, 5) is 12.3. The summed E-state index contributed by atoms with van der Waals surface area (Å²) >= 11 is 0. The Bertz CT molecular complexity index is 501. The minimum Gasteiger partial charge on any atom is -0.393 e. The summed E-state index contributed by atoms with van der Waals surface area (Å²) in [5.74, 6) is -0.0162. The first-order valence-corrected chi connectivity index (χ1v) is 7.58. The quantitative estimate of drug-likeness (QED) is 0.774. The molecule has 3 rings (SSSR count). The van der Waals surface area contributed by atoms with E-state index in [1.54, 1.807) is 0 Å². The van der Waals surface area contributed by atoms with E-state index in [2.05, 4.69) is 10.6 Å². The highest BCUT2D eigenvalue weighted by atomic mass is 16.3. The van der Waals surface area contributed by atoms with Crippen LogP contribution in [0.4, 0.5) is 5.69 Å². The van der Waals surface area contributed by atoms with Crippen LogP contribution in [0.25, 0.3) is 0 Å². The fourth-order valence-electron chi connectivity index (χ4n) is 3.18. The van der Waals surface area contributed by atoms with Crippen molar-refractivity contribution in [3.05, 3.63) is 29.3 Å². The van der Waals surface area contributed by atoms with Gasteiger partial charge in [0.25, 0.3) is 5.91 Å². The molecular weight excluding hydrogens is 252 g/mol. The molecule has 0 bridgehead atoms. The molecular formula is C16H22N2O2. The summed E-state index contributed by atoms with van der Waals surface area (Å²) in [5.41, 5.74) is 3.11. The second-order valence-corrected chi connectivity index (χ2v) is 5.89. The SMILES string of the molecule is O=C(NC1CCCC(O)C1)c1ccc2c(c1)CCCN2. The van der Waals surface area contributed by atoms with Crippen LogP contribution < -0.4 is 10.6 Å². The number of aliphatic hydroxyl groups is 1. The third kappa shape index (κ3) is 2.96. The van der Waals surface area contributed by atoms with E-state index >= 15 is 0 Å². The van der Waals surface area contributed by atoms with E-state index in [1.165, 1.54) is 5.56 Å². The van der Waals surface area contributed by atoms with Gasteiger partial charge in [0.2, 0.25) is 0 Å². The van der Waals surface area contributed by atoms with Crippen LogP contribution in [0.15, 0.2) is 18.2 Å². The number of carbonyl (C=O) groups is 1. The predicted octanol–water partition coefficient (Wildman–Crippen LogP) is 2.08. The van der Waals surface area contributed by atoms with Gasteiger partial charge in [0.15, 0.2) is 0 Å². The number of hydrogen-bond acceptors (Lipinski definition) is 3. The van der Waals surface area contributed by atoms with Crippen LogP contribution in [0, 0.1) is 0 Å². The molecule has 108 valence electrons. The Hall–Kier alpha value is -1.55. The molecule has 1 aromatic carbocycles. The minimum absolute atomic E-state index is 0.0162. The first-order chi connectivity index (χ1) is 9.72. The van der Waals surface area contributed by atoms with Crippen molar-refractivity contribution < 1.29 is 9.90 Å². The number of nitrogens with one attached hydrogen (secondary N) is 2. The maximum Gasteiger partial charge on any atom is 0.251 e. The average Bonchev–Trinajstić information content (AvgIpc) is 2.47. The van der Waals surface area contributed by atoms with E-state index in [-0.39, 0.29) is 18.1 Å². The summed E-state index contributed by atoms with van der Waals surface area (Å²) in [6.07, 6.45) is 5.38. The lowest BCUT2D eigenvalue weighted by Gasteiger charge is -2.27. The third-order valence-electron chi connectivity index (χ3n) is 4.29. The lowest BCUT2D eigenvalue weighted by molar-refractivity contribution is 0.0849. The number of anilines is 1. The molecule has 4 heteroatoms.